The Morgan fingerprint density at radius 3 is 2.92 bits per heavy atom. The van der Waals surface area contributed by atoms with Gasteiger partial charge in [-0.05, 0) is 24.8 Å². The standard InChI is InChI=1S/C18H23N3O3/c1-12-15-13(22)10-18(2,3)11-14(15)24-16(12)17(23)19-6-4-8-21-9-5-7-20-21/h5,7,9H,4,6,8,10-11H2,1-3H3,(H,19,23). The van der Waals surface area contributed by atoms with E-state index in [1.165, 1.54) is 0 Å². The molecule has 0 aromatic carbocycles. The van der Waals surface area contributed by atoms with E-state index < -0.39 is 0 Å². The number of nitrogens with zero attached hydrogens (tertiary/aromatic N) is 2. The van der Waals surface area contributed by atoms with Gasteiger partial charge in [-0.25, -0.2) is 0 Å². The van der Waals surface area contributed by atoms with E-state index in [2.05, 4.69) is 10.4 Å². The number of hydrogen-bond acceptors (Lipinski definition) is 4. The second kappa shape index (κ2) is 6.26. The Balaban J connectivity index is 1.64. The van der Waals surface area contributed by atoms with E-state index in [1.54, 1.807) is 13.1 Å². The number of furan rings is 1. The van der Waals surface area contributed by atoms with Crippen molar-refractivity contribution < 1.29 is 14.0 Å². The van der Waals surface area contributed by atoms with Crippen LogP contribution in [0, 0.1) is 12.3 Å². The number of nitrogens with one attached hydrogen (secondary N) is 1. The third-order valence-corrected chi connectivity index (χ3v) is 4.39. The van der Waals surface area contributed by atoms with Crippen molar-refractivity contribution in [3.63, 3.8) is 0 Å². The van der Waals surface area contributed by atoms with Crippen molar-refractivity contribution in [2.24, 2.45) is 5.41 Å². The number of aromatic nitrogens is 2. The lowest BCUT2D eigenvalue weighted by Gasteiger charge is -2.27. The molecule has 0 radical (unpaired) electrons. The molecule has 1 amide bonds. The van der Waals surface area contributed by atoms with Crippen molar-refractivity contribution in [2.75, 3.05) is 6.54 Å². The Kier molecular flexibility index (Phi) is 4.30. The number of aryl methyl sites for hydroxylation is 1. The van der Waals surface area contributed by atoms with Crippen LogP contribution in [-0.4, -0.2) is 28.0 Å². The minimum absolute atomic E-state index is 0.0697. The number of Topliss-reactive ketones (excluding diaryl/α,β-unsaturated/α-hetero) is 1. The second-order valence-corrected chi connectivity index (χ2v) is 7.17. The van der Waals surface area contributed by atoms with E-state index in [4.69, 9.17) is 4.42 Å². The second-order valence-electron chi connectivity index (χ2n) is 7.17. The van der Waals surface area contributed by atoms with Crippen LogP contribution in [0.3, 0.4) is 0 Å². The van der Waals surface area contributed by atoms with Gasteiger partial charge in [0.05, 0.1) is 5.56 Å². The molecule has 6 nitrogen and oxygen atoms in total. The summed E-state index contributed by atoms with van der Waals surface area (Å²) in [7, 11) is 0. The van der Waals surface area contributed by atoms with Crippen molar-refractivity contribution in [2.45, 2.75) is 46.6 Å². The monoisotopic (exact) mass is 329 g/mol. The fourth-order valence-corrected chi connectivity index (χ4v) is 3.26. The molecule has 0 fully saturated rings. The van der Waals surface area contributed by atoms with Crippen LogP contribution in [0.2, 0.25) is 0 Å². The minimum atomic E-state index is -0.257. The third-order valence-electron chi connectivity index (χ3n) is 4.39. The Morgan fingerprint density at radius 1 is 1.42 bits per heavy atom. The number of fused-ring (bicyclic) bond motifs is 1. The van der Waals surface area contributed by atoms with E-state index in [0.717, 1.165) is 13.0 Å². The molecule has 1 aliphatic rings. The summed E-state index contributed by atoms with van der Waals surface area (Å²) >= 11 is 0. The summed E-state index contributed by atoms with van der Waals surface area (Å²) in [4.78, 5) is 24.7. The van der Waals surface area contributed by atoms with Crippen LogP contribution in [0.15, 0.2) is 22.9 Å². The molecule has 0 bridgehead atoms. The minimum Gasteiger partial charge on any atom is -0.455 e. The molecule has 2 aromatic heterocycles. The number of ketones is 1. The molecule has 0 atom stereocenters. The molecular weight excluding hydrogens is 306 g/mol. The maximum Gasteiger partial charge on any atom is 0.287 e. The first kappa shape index (κ1) is 16.5. The Labute approximate surface area is 141 Å². The number of carbonyl (C=O) groups excluding carboxylic acids is 2. The molecule has 24 heavy (non-hydrogen) atoms. The molecule has 3 rings (SSSR count). The van der Waals surface area contributed by atoms with Gasteiger partial charge in [0.15, 0.2) is 11.5 Å². The van der Waals surface area contributed by atoms with Gasteiger partial charge in [0, 0.05) is 43.9 Å². The molecule has 2 aromatic rings. The van der Waals surface area contributed by atoms with Gasteiger partial charge in [0.1, 0.15) is 5.76 Å². The number of amides is 1. The smallest absolute Gasteiger partial charge is 0.287 e. The first-order valence-corrected chi connectivity index (χ1v) is 8.28. The van der Waals surface area contributed by atoms with E-state index in [9.17, 15) is 9.59 Å². The molecule has 0 saturated heterocycles. The normalized spacial score (nSPS) is 16.0. The summed E-state index contributed by atoms with van der Waals surface area (Å²) in [5, 5.41) is 6.98. The van der Waals surface area contributed by atoms with Crippen LogP contribution in [-0.2, 0) is 13.0 Å². The fourth-order valence-electron chi connectivity index (χ4n) is 3.26. The van der Waals surface area contributed by atoms with Crippen LogP contribution in [0.4, 0.5) is 0 Å². The number of rotatable bonds is 5. The molecular formula is C18H23N3O3. The molecule has 2 heterocycles. The van der Waals surface area contributed by atoms with E-state index >= 15 is 0 Å². The SMILES string of the molecule is Cc1c(C(=O)NCCCn2cccn2)oc2c1C(=O)CC(C)(C)C2. The average Bonchev–Trinajstić information content (AvgIpc) is 3.10. The summed E-state index contributed by atoms with van der Waals surface area (Å²) in [5.41, 5.74) is 1.15. The first-order valence-electron chi connectivity index (χ1n) is 8.28. The number of hydrogen-bond donors (Lipinski definition) is 1. The zero-order chi connectivity index (χ0) is 17.3. The Hall–Kier alpha value is -2.37. The fraction of sp³-hybridized carbons (Fsp3) is 0.500. The number of carbonyl (C=O) groups is 2. The molecule has 0 unspecified atom stereocenters. The zero-order valence-corrected chi connectivity index (χ0v) is 14.4. The van der Waals surface area contributed by atoms with Crippen molar-refractivity contribution in [3.8, 4) is 0 Å². The summed E-state index contributed by atoms with van der Waals surface area (Å²) < 4.78 is 7.58. The molecule has 128 valence electrons. The lowest BCUT2D eigenvalue weighted by molar-refractivity contribution is 0.0888. The van der Waals surface area contributed by atoms with Gasteiger partial charge in [0.25, 0.3) is 5.91 Å². The van der Waals surface area contributed by atoms with Crippen LogP contribution in [0.5, 0.6) is 0 Å². The largest absolute Gasteiger partial charge is 0.455 e. The topological polar surface area (TPSA) is 77.1 Å². The summed E-state index contributed by atoms with van der Waals surface area (Å²) in [6, 6.07) is 1.87. The quantitative estimate of drug-likeness (QED) is 0.856. The highest BCUT2D eigenvalue weighted by Crippen LogP contribution is 2.38. The van der Waals surface area contributed by atoms with Gasteiger partial charge in [-0.2, -0.15) is 5.10 Å². The summed E-state index contributed by atoms with van der Waals surface area (Å²) in [6.07, 6.45) is 5.57. The Bertz CT molecular complexity index is 757. The maximum atomic E-state index is 12.4. The Morgan fingerprint density at radius 2 is 2.21 bits per heavy atom. The summed E-state index contributed by atoms with van der Waals surface area (Å²) in [6.45, 7) is 7.15. The van der Waals surface area contributed by atoms with Gasteiger partial charge < -0.3 is 9.73 Å². The van der Waals surface area contributed by atoms with E-state index in [-0.39, 0.29) is 22.9 Å². The van der Waals surface area contributed by atoms with Gasteiger partial charge >= 0.3 is 0 Å². The van der Waals surface area contributed by atoms with Crippen LogP contribution < -0.4 is 5.32 Å². The van der Waals surface area contributed by atoms with Crippen LogP contribution in [0.1, 0.15) is 58.9 Å². The maximum absolute atomic E-state index is 12.4. The third kappa shape index (κ3) is 3.27. The molecule has 1 N–H and O–H groups in total. The van der Waals surface area contributed by atoms with E-state index in [0.29, 0.717) is 36.3 Å². The van der Waals surface area contributed by atoms with Crippen molar-refractivity contribution in [1.29, 1.82) is 0 Å². The molecule has 6 heteroatoms. The predicted molar refractivity (Wildman–Crippen MR) is 89.1 cm³/mol. The van der Waals surface area contributed by atoms with Crippen LogP contribution in [0.25, 0.3) is 0 Å². The average molecular weight is 329 g/mol. The molecule has 1 aliphatic carbocycles. The van der Waals surface area contributed by atoms with Crippen molar-refractivity contribution >= 4 is 11.7 Å². The first-order chi connectivity index (χ1) is 11.4. The van der Waals surface area contributed by atoms with Crippen molar-refractivity contribution in [3.05, 3.63) is 41.1 Å². The zero-order valence-electron chi connectivity index (χ0n) is 14.4. The van der Waals surface area contributed by atoms with Gasteiger partial charge in [0.2, 0.25) is 0 Å². The molecule has 0 saturated carbocycles. The highest BCUT2D eigenvalue weighted by molar-refractivity contribution is 6.03. The highest BCUT2D eigenvalue weighted by atomic mass is 16.4. The molecule has 0 spiro atoms. The van der Waals surface area contributed by atoms with Gasteiger partial charge in [-0.1, -0.05) is 13.8 Å². The lowest BCUT2D eigenvalue weighted by atomic mass is 9.76. The lowest BCUT2D eigenvalue weighted by Crippen LogP contribution is -2.26. The van der Waals surface area contributed by atoms with Crippen molar-refractivity contribution in [1.82, 2.24) is 15.1 Å². The van der Waals surface area contributed by atoms with E-state index in [1.807, 2.05) is 30.8 Å². The molecule has 0 aliphatic heterocycles. The van der Waals surface area contributed by atoms with Gasteiger partial charge in [-0.3, -0.25) is 14.3 Å². The predicted octanol–water partition coefficient (Wildman–Crippen LogP) is 2.76. The van der Waals surface area contributed by atoms with Crippen LogP contribution >= 0.6 is 0 Å². The highest BCUT2D eigenvalue weighted by Gasteiger charge is 2.36. The van der Waals surface area contributed by atoms with Gasteiger partial charge in [-0.15, -0.1) is 0 Å². The summed E-state index contributed by atoms with van der Waals surface area (Å²) in [5.74, 6) is 0.730.